The van der Waals surface area contributed by atoms with E-state index in [9.17, 15) is 4.79 Å². The van der Waals surface area contributed by atoms with Gasteiger partial charge in [0.05, 0.1) is 19.3 Å². The Balaban J connectivity index is 1.73. The molecule has 25 heavy (non-hydrogen) atoms. The Labute approximate surface area is 149 Å². The lowest BCUT2D eigenvalue weighted by Crippen LogP contribution is -2.36. The third kappa shape index (κ3) is 4.60. The van der Waals surface area contributed by atoms with Crippen LogP contribution in [0.15, 0.2) is 54.6 Å². The Hall–Kier alpha value is -2.33. The number of carbonyl (C=O) groups is 1. The first-order chi connectivity index (χ1) is 12.3. The first-order valence-electron chi connectivity index (χ1n) is 9.06. The monoisotopic (exact) mass is 338 g/mol. The maximum absolute atomic E-state index is 12.8. The number of anilines is 1. The molecular weight excluding hydrogens is 312 g/mol. The zero-order valence-electron chi connectivity index (χ0n) is 14.8. The molecule has 1 aliphatic heterocycles. The predicted octanol–water partition coefficient (Wildman–Crippen LogP) is 3.79. The van der Waals surface area contributed by atoms with Gasteiger partial charge in [0.15, 0.2) is 0 Å². The molecule has 1 atom stereocenters. The summed E-state index contributed by atoms with van der Waals surface area (Å²) in [6.07, 6.45) is 1.95. The van der Waals surface area contributed by atoms with E-state index in [1.54, 1.807) is 0 Å². The number of nitrogens with one attached hydrogen (secondary N) is 1. The lowest BCUT2D eigenvalue weighted by Gasteiger charge is -2.29. The Morgan fingerprint density at radius 3 is 2.60 bits per heavy atom. The third-order valence-electron chi connectivity index (χ3n) is 4.57. The zero-order chi connectivity index (χ0) is 17.5. The van der Waals surface area contributed by atoms with Gasteiger partial charge in [-0.3, -0.25) is 4.79 Å². The van der Waals surface area contributed by atoms with Crippen molar-refractivity contribution >= 4 is 11.6 Å². The van der Waals surface area contributed by atoms with Crippen molar-refractivity contribution < 1.29 is 9.53 Å². The van der Waals surface area contributed by atoms with E-state index in [4.69, 9.17) is 4.74 Å². The average Bonchev–Trinajstić information content (AvgIpc) is 2.69. The minimum absolute atomic E-state index is 0.0163. The molecule has 1 aliphatic rings. The number of nitrogens with zero attached hydrogens (tertiary/aromatic N) is 1. The minimum atomic E-state index is -0.0163. The van der Waals surface area contributed by atoms with E-state index in [0.717, 1.165) is 50.4 Å². The van der Waals surface area contributed by atoms with Crippen LogP contribution in [0.2, 0.25) is 0 Å². The maximum atomic E-state index is 12.8. The van der Waals surface area contributed by atoms with E-state index in [1.807, 2.05) is 36.4 Å². The largest absolute Gasteiger partial charge is 0.378 e. The fourth-order valence-corrected chi connectivity index (χ4v) is 3.20. The van der Waals surface area contributed by atoms with E-state index in [2.05, 4.69) is 35.3 Å². The SMILES string of the molecule is CCC[C@H](NC(=O)c1cccc(N2CCOCC2)c1)c1ccccc1. The molecule has 2 aromatic carbocycles. The van der Waals surface area contributed by atoms with Crippen LogP contribution in [0.1, 0.15) is 41.7 Å². The quantitative estimate of drug-likeness (QED) is 0.871. The summed E-state index contributed by atoms with van der Waals surface area (Å²) in [5.74, 6) is -0.0163. The second kappa shape index (κ2) is 8.67. The summed E-state index contributed by atoms with van der Waals surface area (Å²) in [4.78, 5) is 15.0. The van der Waals surface area contributed by atoms with Crippen LogP contribution >= 0.6 is 0 Å². The highest BCUT2D eigenvalue weighted by atomic mass is 16.5. The number of rotatable bonds is 6. The Morgan fingerprint density at radius 2 is 1.88 bits per heavy atom. The molecule has 132 valence electrons. The normalized spacial score (nSPS) is 15.6. The molecule has 1 amide bonds. The Bertz CT molecular complexity index is 681. The van der Waals surface area contributed by atoms with Crippen molar-refractivity contribution in [3.8, 4) is 0 Å². The van der Waals surface area contributed by atoms with Crippen LogP contribution in [0.4, 0.5) is 5.69 Å². The van der Waals surface area contributed by atoms with E-state index in [-0.39, 0.29) is 11.9 Å². The topological polar surface area (TPSA) is 41.6 Å². The highest BCUT2D eigenvalue weighted by Crippen LogP contribution is 2.21. The molecule has 0 aromatic heterocycles. The number of benzene rings is 2. The summed E-state index contributed by atoms with van der Waals surface area (Å²) in [6.45, 7) is 5.36. The van der Waals surface area contributed by atoms with E-state index < -0.39 is 0 Å². The van der Waals surface area contributed by atoms with Gasteiger partial charge >= 0.3 is 0 Å². The molecule has 3 rings (SSSR count). The molecule has 0 unspecified atom stereocenters. The minimum Gasteiger partial charge on any atom is -0.378 e. The van der Waals surface area contributed by atoms with Gasteiger partial charge in [0.2, 0.25) is 0 Å². The number of hydrogen-bond donors (Lipinski definition) is 1. The van der Waals surface area contributed by atoms with Crippen LogP contribution in [0, 0.1) is 0 Å². The second-order valence-corrected chi connectivity index (χ2v) is 6.38. The Kier molecular flexibility index (Phi) is 6.07. The van der Waals surface area contributed by atoms with Crippen molar-refractivity contribution in [1.29, 1.82) is 0 Å². The molecule has 0 aliphatic carbocycles. The number of ether oxygens (including phenoxy) is 1. The summed E-state index contributed by atoms with van der Waals surface area (Å²) in [6, 6.07) is 18.1. The van der Waals surface area contributed by atoms with Crippen LogP contribution < -0.4 is 10.2 Å². The average molecular weight is 338 g/mol. The first kappa shape index (κ1) is 17.5. The summed E-state index contributed by atoms with van der Waals surface area (Å²) in [7, 11) is 0. The molecule has 1 N–H and O–H groups in total. The van der Waals surface area contributed by atoms with E-state index in [1.165, 1.54) is 0 Å². The molecule has 0 radical (unpaired) electrons. The zero-order valence-corrected chi connectivity index (χ0v) is 14.8. The molecule has 0 spiro atoms. The van der Waals surface area contributed by atoms with Crippen LogP contribution in [0.5, 0.6) is 0 Å². The highest BCUT2D eigenvalue weighted by molar-refractivity contribution is 5.95. The fraction of sp³-hybridized carbons (Fsp3) is 0.381. The fourth-order valence-electron chi connectivity index (χ4n) is 3.20. The standard InChI is InChI=1S/C21H26N2O2/c1-2-7-20(17-8-4-3-5-9-17)22-21(24)18-10-6-11-19(16-18)23-12-14-25-15-13-23/h3-6,8-11,16,20H,2,7,12-15H2,1H3,(H,22,24)/t20-/m0/s1. The maximum Gasteiger partial charge on any atom is 0.251 e. The lowest BCUT2D eigenvalue weighted by molar-refractivity contribution is 0.0934. The van der Waals surface area contributed by atoms with Crippen molar-refractivity contribution in [2.24, 2.45) is 0 Å². The van der Waals surface area contributed by atoms with Gasteiger partial charge in [-0.1, -0.05) is 49.7 Å². The molecule has 0 saturated carbocycles. The highest BCUT2D eigenvalue weighted by Gasteiger charge is 2.17. The molecule has 1 heterocycles. The van der Waals surface area contributed by atoms with Crippen LogP contribution in [0.3, 0.4) is 0 Å². The molecule has 2 aromatic rings. The molecule has 1 saturated heterocycles. The van der Waals surface area contributed by atoms with Gasteiger partial charge in [0.1, 0.15) is 0 Å². The van der Waals surface area contributed by atoms with Gasteiger partial charge in [0, 0.05) is 24.3 Å². The predicted molar refractivity (Wildman–Crippen MR) is 101 cm³/mol. The number of amides is 1. The number of hydrogen-bond acceptors (Lipinski definition) is 3. The van der Waals surface area contributed by atoms with Crippen LogP contribution in [0.25, 0.3) is 0 Å². The van der Waals surface area contributed by atoms with E-state index in [0.29, 0.717) is 5.56 Å². The second-order valence-electron chi connectivity index (χ2n) is 6.38. The summed E-state index contributed by atoms with van der Waals surface area (Å²) in [5.41, 5.74) is 2.95. The van der Waals surface area contributed by atoms with Gasteiger partial charge in [-0.25, -0.2) is 0 Å². The molecule has 4 heteroatoms. The summed E-state index contributed by atoms with van der Waals surface area (Å²) >= 11 is 0. The van der Waals surface area contributed by atoms with Gasteiger partial charge in [-0.2, -0.15) is 0 Å². The van der Waals surface area contributed by atoms with Crippen molar-refractivity contribution in [2.45, 2.75) is 25.8 Å². The van der Waals surface area contributed by atoms with Gasteiger partial charge in [-0.05, 0) is 30.2 Å². The summed E-state index contributed by atoms with van der Waals surface area (Å²) in [5, 5.41) is 3.20. The number of morpholine rings is 1. The van der Waals surface area contributed by atoms with Gasteiger partial charge < -0.3 is 15.0 Å². The molecular formula is C21H26N2O2. The van der Waals surface area contributed by atoms with E-state index >= 15 is 0 Å². The summed E-state index contributed by atoms with van der Waals surface area (Å²) < 4.78 is 5.41. The molecule has 4 nitrogen and oxygen atoms in total. The van der Waals surface area contributed by atoms with Crippen molar-refractivity contribution in [3.05, 3.63) is 65.7 Å². The van der Waals surface area contributed by atoms with Crippen LogP contribution in [-0.4, -0.2) is 32.2 Å². The Morgan fingerprint density at radius 1 is 1.12 bits per heavy atom. The van der Waals surface area contributed by atoms with Gasteiger partial charge in [-0.15, -0.1) is 0 Å². The van der Waals surface area contributed by atoms with Crippen molar-refractivity contribution in [1.82, 2.24) is 5.32 Å². The van der Waals surface area contributed by atoms with Crippen molar-refractivity contribution in [2.75, 3.05) is 31.2 Å². The first-order valence-corrected chi connectivity index (χ1v) is 9.06. The molecule has 0 bridgehead atoms. The molecule has 1 fully saturated rings. The third-order valence-corrected chi connectivity index (χ3v) is 4.57. The van der Waals surface area contributed by atoms with Crippen molar-refractivity contribution in [3.63, 3.8) is 0 Å². The smallest absolute Gasteiger partial charge is 0.251 e. The van der Waals surface area contributed by atoms with Crippen LogP contribution in [-0.2, 0) is 4.74 Å². The number of carbonyl (C=O) groups excluding carboxylic acids is 1. The lowest BCUT2D eigenvalue weighted by atomic mass is 10.0. The van der Waals surface area contributed by atoms with Gasteiger partial charge in [0.25, 0.3) is 5.91 Å².